The van der Waals surface area contributed by atoms with Crippen molar-refractivity contribution in [3.8, 4) is 0 Å². The summed E-state index contributed by atoms with van der Waals surface area (Å²) in [5.41, 5.74) is 1.03. The molecule has 0 fully saturated rings. The molecule has 0 aliphatic carbocycles. The molecule has 0 saturated carbocycles. The third kappa shape index (κ3) is 4.69. The Morgan fingerprint density at radius 3 is 2.83 bits per heavy atom. The van der Waals surface area contributed by atoms with Crippen molar-refractivity contribution in [1.29, 1.82) is 0 Å². The van der Waals surface area contributed by atoms with Crippen molar-refractivity contribution in [2.75, 3.05) is 25.1 Å². The minimum Gasteiger partial charge on any atom is -0.466 e. The Hall–Kier alpha value is -1.65. The molecular weight excluding hydrogens is 230 g/mol. The van der Waals surface area contributed by atoms with Gasteiger partial charge in [-0.2, -0.15) is 0 Å². The predicted octanol–water partition coefficient (Wildman–Crippen LogP) is 1.82. The van der Waals surface area contributed by atoms with Gasteiger partial charge in [0.05, 0.1) is 13.0 Å². The molecule has 18 heavy (non-hydrogen) atoms. The van der Waals surface area contributed by atoms with Gasteiger partial charge < -0.3 is 9.64 Å². The van der Waals surface area contributed by atoms with E-state index in [1.807, 2.05) is 24.9 Å². The van der Waals surface area contributed by atoms with E-state index in [9.17, 15) is 4.79 Å². The third-order valence-electron chi connectivity index (χ3n) is 2.56. The van der Waals surface area contributed by atoms with E-state index in [0.29, 0.717) is 19.6 Å². The Labute approximate surface area is 108 Å². The van der Waals surface area contributed by atoms with Crippen LogP contribution in [0.2, 0.25) is 0 Å². The van der Waals surface area contributed by atoms with Gasteiger partial charge in [0, 0.05) is 25.4 Å². The largest absolute Gasteiger partial charge is 0.466 e. The van der Waals surface area contributed by atoms with E-state index in [4.69, 9.17) is 4.74 Å². The fraction of sp³-hybridized carbons (Fsp3) is 0.615. The molecule has 0 unspecified atom stereocenters. The molecule has 1 aromatic rings. The molecule has 0 aliphatic heterocycles. The van der Waals surface area contributed by atoms with Crippen molar-refractivity contribution < 1.29 is 9.53 Å². The lowest BCUT2D eigenvalue weighted by Crippen LogP contribution is -2.23. The van der Waals surface area contributed by atoms with Gasteiger partial charge in [-0.1, -0.05) is 13.3 Å². The second-order valence-corrected chi connectivity index (χ2v) is 4.09. The summed E-state index contributed by atoms with van der Waals surface area (Å²) in [5, 5.41) is 0. The van der Waals surface area contributed by atoms with Crippen molar-refractivity contribution in [2.45, 2.75) is 33.1 Å². The highest BCUT2D eigenvalue weighted by atomic mass is 16.5. The molecule has 0 aliphatic rings. The molecule has 5 heteroatoms. The topological polar surface area (TPSA) is 55.3 Å². The molecular formula is C13H21N3O2. The molecule has 1 heterocycles. The summed E-state index contributed by atoms with van der Waals surface area (Å²) in [6, 6.07) is 1.97. The normalized spacial score (nSPS) is 10.2. The maximum absolute atomic E-state index is 11.3. The molecule has 100 valence electrons. The van der Waals surface area contributed by atoms with Crippen LogP contribution in [0.15, 0.2) is 12.4 Å². The fourth-order valence-corrected chi connectivity index (χ4v) is 1.59. The zero-order valence-electron chi connectivity index (χ0n) is 11.3. The lowest BCUT2D eigenvalue weighted by atomic mass is 10.2. The van der Waals surface area contributed by atoms with Crippen LogP contribution in [-0.4, -0.2) is 36.1 Å². The standard InChI is InChI=1S/C13H21N3O2/c1-4-6-11-9-12(15-10-14-11)16(3)8-7-13(17)18-5-2/h9-10H,4-8H2,1-3H3. The van der Waals surface area contributed by atoms with E-state index in [1.54, 1.807) is 6.33 Å². The van der Waals surface area contributed by atoms with E-state index in [0.717, 1.165) is 24.4 Å². The van der Waals surface area contributed by atoms with Crippen LogP contribution in [0.4, 0.5) is 5.82 Å². The number of nitrogens with zero attached hydrogens (tertiary/aromatic N) is 3. The molecule has 0 atom stereocenters. The van der Waals surface area contributed by atoms with E-state index in [1.165, 1.54) is 0 Å². The van der Waals surface area contributed by atoms with Gasteiger partial charge in [-0.25, -0.2) is 9.97 Å². The summed E-state index contributed by atoms with van der Waals surface area (Å²) < 4.78 is 4.89. The first-order chi connectivity index (χ1) is 8.67. The quantitative estimate of drug-likeness (QED) is 0.692. The average Bonchev–Trinajstić information content (AvgIpc) is 2.37. The summed E-state index contributed by atoms with van der Waals surface area (Å²) in [6.07, 6.45) is 3.95. The fourth-order valence-electron chi connectivity index (χ4n) is 1.59. The molecule has 0 aromatic carbocycles. The number of rotatable bonds is 7. The lowest BCUT2D eigenvalue weighted by molar-refractivity contribution is -0.142. The Morgan fingerprint density at radius 2 is 2.17 bits per heavy atom. The van der Waals surface area contributed by atoms with Crippen LogP contribution < -0.4 is 4.90 Å². The zero-order chi connectivity index (χ0) is 13.4. The third-order valence-corrected chi connectivity index (χ3v) is 2.56. The molecule has 1 aromatic heterocycles. The molecule has 0 bridgehead atoms. The summed E-state index contributed by atoms with van der Waals surface area (Å²) in [6.45, 7) is 4.95. The Balaban J connectivity index is 2.52. The molecule has 0 saturated heterocycles. The maximum Gasteiger partial charge on any atom is 0.307 e. The SMILES string of the molecule is CCCc1cc(N(C)CCC(=O)OCC)ncn1. The van der Waals surface area contributed by atoms with E-state index < -0.39 is 0 Å². The number of carbonyl (C=O) groups is 1. The Morgan fingerprint density at radius 1 is 1.39 bits per heavy atom. The van der Waals surface area contributed by atoms with Crippen LogP contribution in [0.1, 0.15) is 32.4 Å². The van der Waals surface area contributed by atoms with Gasteiger partial charge in [0.1, 0.15) is 12.1 Å². The van der Waals surface area contributed by atoms with Crippen molar-refractivity contribution in [1.82, 2.24) is 9.97 Å². The van der Waals surface area contributed by atoms with Gasteiger partial charge in [-0.05, 0) is 13.3 Å². The summed E-state index contributed by atoms with van der Waals surface area (Å²) in [5.74, 6) is 0.671. The average molecular weight is 251 g/mol. The van der Waals surface area contributed by atoms with Crippen molar-refractivity contribution in [3.63, 3.8) is 0 Å². The monoisotopic (exact) mass is 251 g/mol. The number of hydrogen-bond donors (Lipinski definition) is 0. The van der Waals surface area contributed by atoms with Crippen LogP contribution in [0.5, 0.6) is 0 Å². The van der Waals surface area contributed by atoms with Gasteiger partial charge in [0.2, 0.25) is 0 Å². The predicted molar refractivity (Wildman–Crippen MR) is 70.5 cm³/mol. The molecule has 0 amide bonds. The zero-order valence-corrected chi connectivity index (χ0v) is 11.3. The Bertz CT molecular complexity index is 382. The molecule has 0 N–H and O–H groups in total. The first-order valence-electron chi connectivity index (χ1n) is 6.35. The van der Waals surface area contributed by atoms with Crippen LogP contribution in [0.3, 0.4) is 0 Å². The molecule has 5 nitrogen and oxygen atoms in total. The van der Waals surface area contributed by atoms with Gasteiger partial charge in [-0.3, -0.25) is 4.79 Å². The van der Waals surface area contributed by atoms with Gasteiger partial charge in [0.25, 0.3) is 0 Å². The number of anilines is 1. The first kappa shape index (κ1) is 14.4. The van der Waals surface area contributed by atoms with E-state index in [-0.39, 0.29) is 5.97 Å². The summed E-state index contributed by atoms with van der Waals surface area (Å²) in [7, 11) is 1.91. The molecule has 0 spiro atoms. The Kier molecular flexibility index (Phi) is 6.11. The molecule has 1 rings (SSSR count). The van der Waals surface area contributed by atoms with Crippen LogP contribution >= 0.6 is 0 Å². The second-order valence-electron chi connectivity index (χ2n) is 4.09. The number of carbonyl (C=O) groups excluding carboxylic acids is 1. The number of aromatic nitrogens is 2. The second kappa shape index (κ2) is 7.63. The highest BCUT2D eigenvalue weighted by Crippen LogP contribution is 2.10. The van der Waals surface area contributed by atoms with Gasteiger partial charge >= 0.3 is 5.97 Å². The minimum atomic E-state index is -0.174. The highest BCUT2D eigenvalue weighted by Gasteiger charge is 2.07. The number of aryl methyl sites for hydroxylation is 1. The minimum absolute atomic E-state index is 0.174. The van der Waals surface area contributed by atoms with Crippen LogP contribution in [0.25, 0.3) is 0 Å². The van der Waals surface area contributed by atoms with Crippen molar-refractivity contribution >= 4 is 11.8 Å². The van der Waals surface area contributed by atoms with E-state index in [2.05, 4.69) is 16.9 Å². The summed E-state index contributed by atoms with van der Waals surface area (Å²) >= 11 is 0. The van der Waals surface area contributed by atoms with E-state index >= 15 is 0 Å². The van der Waals surface area contributed by atoms with Crippen molar-refractivity contribution in [2.24, 2.45) is 0 Å². The van der Waals surface area contributed by atoms with Crippen molar-refractivity contribution in [3.05, 3.63) is 18.1 Å². The van der Waals surface area contributed by atoms with Gasteiger partial charge in [0.15, 0.2) is 0 Å². The molecule has 0 radical (unpaired) electrons. The van der Waals surface area contributed by atoms with Crippen LogP contribution in [0, 0.1) is 0 Å². The summed E-state index contributed by atoms with van der Waals surface area (Å²) in [4.78, 5) is 21.6. The van der Waals surface area contributed by atoms with Crippen LogP contribution in [-0.2, 0) is 16.0 Å². The highest BCUT2D eigenvalue weighted by molar-refractivity contribution is 5.70. The lowest BCUT2D eigenvalue weighted by Gasteiger charge is -2.17. The number of esters is 1. The maximum atomic E-state index is 11.3. The number of ether oxygens (including phenoxy) is 1. The van der Waals surface area contributed by atoms with Gasteiger partial charge in [-0.15, -0.1) is 0 Å². The smallest absolute Gasteiger partial charge is 0.307 e. The number of hydrogen-bond acceptors (Lipinski definition) is 5. The first-order valence-corrected chi connectivity index (χ1v) is 6.35.